The van der Waals surface area contributed by atoms with Gasteiger partial charge in [-0.05, 0) is 32.0 Å². The van der Waals surface area contributed by atoms with Crippen LogP contribution < -0.4 is 11.5 Å². The molecule has 120 valence electrons. The third kappa shape index (κ3) is 2.94. The van der Waals surface area contributed by atoms with Crippen molar-refractivity contribution in [1.82, 2.24) is 15.0 Å². The Morgan fingerprint density at radius 2 is 1.83 bits per heavy atom. The van der Waals surface area contributed by atoms with E-state index in [1.54, 1.807) is 24.4 Å². The Morgan fingerprint density at radius 1 is 1.04 bits per heavy atom. The standard InChI is InChI=1S/C18H17N5O/c1-10-16(14-6-7-15(19)21-9-14)17(23-18(20)22-10)13-5-3-4-12(8-13)11(2)24/h3-9H,1-2H3,(H2,19,21)(H2,20,22,23). The molecule has 0 atom stereocenters. The Morgan fingerprint density at radius 3 is 2.50 bits per heavy atom. The summed E-state index contributed by atoms with van der Waals surface area (Å²) in [5.74, 6) is 0.613. The number of nitrogens with two attached hydrogens (primary N) is 2. The molecule has 0 aliphatic heterocycles. The molecule has 24 heavy (non-hydrogen) atoms. The van der Waals surface area contributed by atoms with Gasteiger partial charge in [-0.1, -0.05) is 18.2 Å². The van der Waals surface area contributed by atoms with E-state index in [9.17, 15) is 4.79 Å². The van der Waals surface area contributed by atoms with Crippen LogP contribution in [0.15, 0.2) is 42.6 Å². The predicted octanol–water partition coefficient (Wildman–Crippen LogP) is 2.88. The predicted molar refractivity (Wildman–Crippen MR) is 94.3 cm³/mol. The van der Waals surface area contributed by atoms with Crippen molar-refractivity contribution in [1.29, 1.82) is 0 Å². The second kappa shape index (κ2) is 6.08. The number of nitrogens with zero attached hydrogens (tertiary/aromatic N) is 3. The van der Waals surface area contributed by atoms with Gasteiger partial charge in [-0.15, -0.1) is 0 Å². The van der Waals surface area contributed by atoms with E-state index in [1.807, 2.05) is 25.1 Å². The lowest BCUT2D eigenvalue weighted by Crippen LogP contribution is -2.03. The zero-order chi connectivity index (χ0) is 17.3. The molecule has 0 amide bonds. The third-order valence-electron chi connectivity index (χ3n) is 3.72. The molecule has 3 rings (SSSR count). The molecule has 0 bridgehead atoms. The molecule has 2 aromatic heterocycles. The van der Waals surface area contributed by atoms with Crippen molar-refractivity contribution in [2.45, 2.75) is 13.8 Å². The van der Waals surface area contributed by atoms with Gasteiger partial charge < -0.3 is 11.5 Å². The van der Waals surface area contributed by atoms with Crippen molar-refractivity contribution in [3.8, 4) is 22.4 Å². The molecule has 0 unspecified atom stereocenters. The topological polar surface area (TPSA) is 108 Å². The van der Waals surface area contributed by atoms with Crippen LogP contribution >= 0.6 is 0 Å². The number of aromatic nitrogens is 3. The lowest BCUT2D eigenvalue weighted by molar-refractivity contribution is 0.101. The number of carbonyl (C=O) groups excluding carboxylic acids is 1. The molecule has 6 heteroatoms. The zero-order valence-electron chi connectivity index (χ0n) is 13.4. The van der Waals surface area contributed by atoms with Gasteiger partial charge in [-0.3, -0.25) is 4.79 Å². The largest absolute Gasteiger partial charge is 0.384 e. The maximum absolute atomic E-state index is 11.7. The Kier molecular flexibility index (Phi) is 3.95. The third-order valence-corrected chi connectivity index (χ3v) is 3.72. The van der Waals surface area contributed by atoms with E-state index in [1.165, 1.54) is 6.92 Å². The van der Waals surface area contributed by atoms with Crippen molar-refractivity contribution in [2.75, 3.05) is 11.5 Å². The molecular formula is C18H17N5O. The molecule has 0 saturated heterocycles. The molecule has 0 saturated carbocycles. The van der Waals surface area contributed by atoms with E-state index < -0.39 is 0 Å². The summed E-state index contributed by atoms with van der Waals surface area (Å²) in [5, 5.41) is 0. The van der Waals surface area contributed by atoms with Gasteiger partial charge in [0.2, 0.25) is 5.95 Å². The van der Waals surface area contributed by atoms with Gasteiger partial charge in [0.05, 0.1) is 11.4 Å². The molecule has 2 heterocycles. The minimum absolute atomic E-state index is 0.00805. The zero-order valence-corrected chi connectivity index (χ0v) is 13.4. The molecule has 0 aliphatic rings. The van der Waals surface area contributed by atoms with E-state index in [0.29, 0.717) is 17.1 Å². The van der Waals surface area contributed by atoms with Gasteiger partial charge in [0.1, 0.15) is 5.82 Å². The number of benzene rings is 1. The van der Waals surface area contributed by atoms with Crippen LogP contribution in [-0.4, -0.2) is 20.7 Å². The molecule has 6 nitrogen and oxygen atoms in total. The number of rotatable bonds is 3. The van der Waals surface area contributed by atoms with Crippen molar-refractivity contribution in [3.63, 3.8) is 0 Å². The monoisotopic (exact) mass is 319 g/mol. The summed E-state index contributed by atoms with van der Waals surface area (Å²) < 4.78 is 0. The first-order chi connectivity index (χ1) is 11.5. The van der Waals surface area contributed by atoms with E-state index in [-0.39, 0.29) is 11.7 Å². The van der Waals surface area contributed by atoms with Crippen molar-refractivity contribution in [3.05, 3.63) is 53.9 Å². The summed E-state index contributed by atoms with van der Waals surface area (Å²) in [5.41, 5.74) is 16.0. The fourth-order valence-electron chi connectivity index (χ4n) is 2.59. The normalized spacial score (nSPS) is 10.6. The summed E-state index contributed by atoms with van der Waals surface area (Å²) in [4.78, 5) is 24.5. The highest BCUT2D eigenvalue weighted by atomic mass is 16.1. The molecule has 0 spiro atoms. The first kappa shape index (κ1) is 15.6. The van der Waals surface area contributed by atoms with Gasteiger partial charge in [-0.25, -0.2) is 15.0 Å². The second-order valence-electron chi connectivity index (χ2n) is 5.50. The quantitative estimate of drug-likeness (QED) is 0.719. The number of hydrogen-bond donors (Lipinski definition) is 2. The molecular weight excluding hydrogens is 302 g/mol. The lowest BCUT2D eigenvalue weighted by atomic mass is 9.97. The van der Waals surface area contributed by atoms with E-state index in [2.05, 4.69) is 15.0 Å². The lowest BCUT2D eigenvalue weighted by Gasteiger charge is -2.13. The van der Waals surface area contributed by atoms with Gasteiger partial charge in [-0.2, -0.15) is 0 Å². The molecule has 0 fully saturated rings. The highest BCUT2D eigenvalue weighted by Crippen LogP contribution is 2.33. The molecule has 4 N–H and O–H groups in total. The molecule has 0 aliphatic carbocycles. The minimum atomic E-state index is -0.00805. The summed E-state index contributed by atoms with van der Waals surface area (Å²) in [6.45, 7) is 3.39. The number of Topliss-reactive ketones (excluding diaryl/α,β-unsaturated/α-hetero) is 1. The number of anilines is 2. The Bertz CT molecular complexity index is 919. The first-order valence-corrected chi connectivity index (χ1v) is 7.43. The minimum Gasteiger partial charge on any atom is -0.384 e. The number of aryl methyl sites for hydroxylation is 1. The highest BCUT2D eigenvalue weighted by molar-refractivity contribution is 5.96. The van der Waals surface area contributed by atoms with Gasteiger partial charge >= 0.3 is 0 Å². The maximum atomic E-state index is 11.7. The smallest absolute Gasteiger partial charge is 0.220 e. The van der Waals surface area contributed by atoms with Crippen LogP contribution in [0.25, 0.3) is 22.4 Å². The second-order valence-corrected chi connectivity index (χ2v) is 5.50. The van der Waals surface area contributed by atoms with Gasteiger partial charge in [0, 0.05) is 28.5 Å². The van der Waals surface area contributed by atoms with E-state index >= 15 is 0 Å². The summed E-state index contributed by atoms with van der Waals surface area (Å²) in [7, 11) is 0. The molecule has 0 radical (unpaired) electrons. The van der Waals surface area contributed by atoms with Gasteiger partial charge in [0.15, 0.2) is 5.78 Å². The van der Waals surface area contributed by atoms with Crippen molar-refractivity contribution >= 4 is 17.5 Å². The summed E-state index contributed by atoms with van der Waals surface area (Å²) >= 11 is 0. The maximum Gasteiger partial charge on any atom is 0.220 e. The number of ketones is 1. The average Bonchev–Trinajstić information content (AvgIpc) is 2.55. The van der Waals surface area contributed by atoms with Crippen molar-refractivity contribution in [2.24, 2.45) is 0 Å². The van der Waals surface area contributed by atoms with Crippen LogP contribution in [0.1, 0.15) is 23.0 Å². The summed E-state index contributed by atoms with van der Waals surface area (Å²) in [6.07, 6.45) is 1.68. The fourth-order valence-corrected chi connectivity index (χ4v) is 2.59. The van der Waals surface area contributed by atoms with Crippen LogP contribution in [0.2, 0.25) is 0 Å². The number of hydrogen-bond acceptors (Lipinski definition) is 6. The van der Waals surface area contributed by atoms with Crippen LogP contribution in [0.5, 0.6) is 0 Å². The number of carbonyl (C=O) groups is 1. The van der Waals surface area contributed by atoms with Crippen LogP contribution in [0, 0.1) is 6.92 Å². The van der Waals surface area contributed by atoms with E-state index in [4.69, 9.17) is 11.5 Å². The van der Waals surface area contributed by atoms with Crippen LogP contribution in [0.3, 0.4) is 0 Å². The Balaban J connectivity index is 2.26. The average molecular weight is 319 g/mol. The summed E-state index contributed by atoms with van der Waals surface area (Å²) in [6, 6.07) is 10.9. The SMILES string of the molecule is CC(=O)c1cccc(-c2nc(N)nc(C)c2-c2ccc(N)nc2)c1. The van der Waals surface area contributed by atoms with Crippen molar-refractivity contribution < 1.29 is 4.79 Å². The van der Waals surface area contributed by atoms with Gasteiger partial charge in [0.25, 0.3) is 0 Å². The van der Waals surface area contributed by atoms with E-state index in [0.717, 1.165) is 22.4 Å². The number of nitrogen functional groups attached to an aromatic ring is 2. The Labute approximate surface area is 139 Å². The van der Waals surface area contributed by atoms with Crippen LogP contribution in [0.4, 0.5) is 11.8 Å². The Hall–Kier alpha value is -3.28. The number of pyridine rings is 1. The highest BCUT2D eigenvalue weighted by Gasteiger charge is 2.16. The fraction of sp³-hybridized carbons (Fsp3) is 0.111. The molecule has 1 aromatic carbocycles. The molecule has 3 aromatic rings. The van der Waals surface area contributed by atoms with Crippen LogP contribution in [-0.2, 0) is 0 Å². The first-order valence-electron chi connectivity index (χ1n) is 7.43.